The highest BCUT2D eigenvalue weighted by atomic mass is 35.5. The van der Waals surface area contributed by atoms with Gasteiger partial charge in [-0.25, -0.2) is 8.78 Å². The third kappa shape index (κ3) is 4.61. The van der Waals surface area contributed by atoms with Crippen LogP contribution in [0.3, 0.4) is 0 Å². The highest BCUT2D eigenvalue weighted by Crippen LogP contribution is 2.50. The number of nitrogens with one attached hydrogen (secondary N) is 1. The Morgan fingerprint density at radius 1 is 1.06 bits per heavy atom. The lowest BCUT2D eigenvalue weighted by atomic mass is 9.62. The molecule has 1 spiro atoms. The Labute approximate surface area is 202 Å². The molecule has 2 fully saturated rings. The standard InChI is InChI=1S/C24H22ClF5N2O3/c25-16-9-15(10-18(27)11-16)23(35,24(28,29)30)21(34)32-7-5-22(6-8-32)12-20(33)31-13-19(22)14-1-3-17(26)4-2-14/h1-4,9-11,19,35H,5-8,12-13H2,(H,31,33)/t19-,23?/m0/s1. The van der Waals surface area contributed by atoms with Crippen LogP contribution in [0.5, 0.6) is 0 Å². The predicted octanol–water partition coefficient (Wildman–Crippen LogP) is 4.28. The first-order chi connectivity index (χ1) is 16.4. The van der Waals surface area contributed by atoms with Crippen LogP contribution >= 0.6 is 11.6 Å². The summed E-state index contributed by atoms with van der Waals surface area (Å²) in [7, 11) is 0. The van der Waals surface area contributed by atoms with Gasteiger partial charge in [-0.1, -0.05) is 23.7 Å². The summed E-state index contributed by atoms with van der Waals surface area (Å²) < 4.78 is 69.3. The van der Waals surface area contributed by atoms with E-state index in [0.29, 0.717) is 12.1 Å². The zero-order chi connectivity index (χ0) is 25.6. The molecule has 2 aromatic carbocycles. The SMILES string of the molecule is O=C1CC2(CCN(C(=O)C(O)(c3cc(F)cc(Cl)c3)C(F)(F)F)CC2)[C@H](c2ccc(F)cc2)CN1. The number of nitrogens with zero attached hydrogens (tertiary/aromatic N) is 1. The summed E-state index contributed by atoms with van der Waals surface area (Å²) in [4.78, 5) is 26.2. The van der Waals surface area contributed by atoms with E-state index in [0.717, 1.165) is 16.5 Å². The van der Waals surface area contributed by atoms with Crippen LogP contribution in [0, 0.1) is 17.0 Å². The van der Waals surface area contributed by atoms with Crippen LogP contribution in [0.2, 0.25) is 5.02 Å². The van der Waals surface area contributed by atoms with Gasteiger partial charge in [0.1, 0.15) is 11.6 Å². The molecule has 2 N–H and O–H groups in total. The van der Waals surface area contributed by atoms with Crippen molar-refractivity contribution in [2.75, 3.05) is 19.6 Å². The number of carbonyl (C=O) groups excluding carboxylic acids is 2. The van der Waals surface area contributed by atoms with Gasteiger partial charge in [-0.3, -0.25) is 9.59 Å². The quantitative estimate of drug-likeness (QED) is 0.598. The minimum Gasteiger partial charge on any atom is -0.368 e. The molecule has 2 aliphatic rings. The number of rotatable bonds is 3. The van der Waals surface area contributed by atoms with Gasteiger partial charge in [0, 0.05) is 42.6 Å². The second-order valence-electron chi connectivity index (χ2n) is 9.11. The average Bonchev–Trinajstić information content (AvgIpc) is 2.78. The second kappa shape index (κ2) is 9.05. The number of hydrogen-bond acceptors (Lipinski definition) is 3. The van der Waals surface area contributed by atoms with Crippen LogP contribution in [-0.2, 0) is 15.2 Å². The van der Waals surface area contributed by atoms with Gasteiger partial charge in [0.15, 0.2) is 0 Å². The van der Waals surface area contributed by atoms with Gasteiger partial charge in [0.25, 0.3) is 11.5 Å². The Balaban J connectivity index is 1.62. The fraction of sp³-hybridized carbons (Fsp3) is 0.417. The molecule has 0 saturated carbocycles. The van der Waals surface area contributed by atoms with E-state index in [9.17, 15) is 36.6 Å². The normalized spacial score (nSPS) is 22.0. The molecule has 0 bridgehead atoms. The number of carbonyl (C=O) groups is 2. The summed E-state index contributed by atoms with van der Waals surface area (Å²) in [5, 5.41) is 13.0. The van der Waals surface area contributed by atoms with Crippen molar-refractivity contribution in [2.45, 2.75) is 37.0 Å². The lowest BCUT2D eigenvalue weighted by Gasteiger charge is -2.50. The van der Waals surface area contributed by atoms with Gasteiger partial charge in [0.2, 0.25) is 5.91 Å². The molecule has 1 unspecified atom stereocenters. The first kappa shape index (κ1) is 25.4. The van der Waals surface area contributed by atoms with E-state index < -0.39 is 45.3 Å². The fourth-order valence-electron chi connectivity index (χ4n) is 5.18. The molecule has 2 aromatic rings. The summed E-state index contributed by atoms with van der Waals surface area (Å²) in [6.45, 7) is -0.0524. The third-order valence-electron chi connectivity index (χ3n) is 7.07. The average molecular weight is 517 g/mol. The number of benzene rings is 2. The minimum atomic E-state index is -5.45. The first-order valence-corrected chi connectivity index (χ1v) is 11.3. The summed E-state index contributed by atoms with van der Waals surface area (Å²) in [5.74, 6) is -3.64. The number of aliphatic hydroxyl groups is 1. The summed E-state index contributed by atoms with van der Waals surface area (Å²) in [6.07, 6.45) is -4.98. The molecule has 2 atom stereocenters. The highest BCUT2D eigenvalue weighted by molar-refractivity contribution is 6.30. The van der Waals surface area contributed by atoms with E-state index in [1.54, 1.807) is 12.1 Å². The van der Waals surface area contributed by atoms with Crippen molar-refractivity contribution in [3.05, 3.63) is 70.2 Å². The molecule has 11 heteroatoms. The number of halogens is 6. The van der Waals surface area contributed by atoms with Crippen molar-refractivity contribution in [3.63, 3.8) is 0 Å². The van der Waals surface area contributed by atoms with E-state index in [1.807, 2.05) is 0 Å². The summed E-state index contributed by atoms with van der Waals surface area (Å²) >= 11 is 5.69. The van der Waals surface area contributed by atoms with E-state index in [1.165, 1.54) is 12.1 Å². The topological polar surface area (TPSA) is 69.6 Å². The molecule has 0 aliphatic carbocycles. The molecular weight excluding hydrogens is 495 g/mol. The van der Waals surface area contributed by atoms with Crippen LogP contribution in [0.25, 0.3) is 0 Å². The molecule has 5 nitrogen and oxygen atoms in total. The molecule has 2 heterocycles. The van der Waals surface area contributed by atoms with E-state index in [4.69, 9.17) is 11.6 Å². The van der Waals surface area contributed by atoms with Crippen molar-refractivity contribution in [2.24, 2.45) is 5.41 Å². The number of amides is 2. The van der Waals surface area contributed by atoms with Gasteiger partial charge in [-0.05, 0) is 54.2 Å². The highest BCUT2D eigenvalue weighted by Gasteiger charge is 2.63. The van der Waals surface area contributed by atoms with Crippen LogP contribution in [0.1, 0.15) is 36.3 Å². The Bertz CT molecular complexity index is 1110. The Morgan fingerprint density at radius 2 is 1.69 bits per heavy atom. The lowest BCUT2D eigenvalue weighted by Crippen LogP contribution is -2.59. The van der Waals surface area contributed by atoms with Crippen molar-refractivity contribution in [3.8, 4) is 0 Å². The maximum absolute atomic E-state index is 14.0. The first-order valence-electron chi connectivity index (χ1n) is 10.9. The smallest absolute Gasteiger partial charge is 0.368 e. The Morgan fingerprint density at radius 3 is 2.26 bits per heavy atom. The maximum Gasteiger partial charge on any atom is 0.430 e. The monoisotopic (exact) mass is 516 g/mol. The van der Waals surface area contributed by atoms with Gasteiger partial charge < -0.3 is 15.3 Å². The van der Waals surface area contributed by atoms with Gasteiger partial charge in [-0.2, -0.15) is 13.2 Å². The van der Waals surface area contributed by atoms with Crippen molar-refractivity contribution >= 4 is 23.4 Å². The van der Waals surface area contributed by atoms with Gasteiger partial charge >= 0.3 is 6.18 Å². The predicted molar refractivity (Wildman–Crippen MR) is 116 cm³/mol. The molecule has 4 rings (SSSR count). The van der Waals surface area contributed by atoms with Gasteiger partial charge in [-0.15, -0.1) is 0 Å². The molecule has 0 aromatic heterocycles. The van der Waals surface area contributed by atoms with Crippen molar-refractivity contribution in [1.82, 2.24) is 10.2 Å². The molecule has 35 heavy (non-hydrogen) atoms. The van der Waals surface area contributed by atoms with Gasteiger partial charge in [0.05, 0.1) is 0 Å². The van der Waals surface area contributed by atoms with Crippen molar-refractivity contribution < 1.29 is 36.6 Å². The third-order valence-corrected chi connectivity index (χ3v) is 7.29. The lowest BCUT2D eigenvalue weighted by molar-refractivity contribution is -0.262. The number of hydrogen-bond donors (Lipinski definition) is 2. The van der Waals surface area contributed by atoms with Crippen LogP contribution < -0.4 is 5.32 Å². The molecule has 188 valence electrons. The zero-order valence-electron chi connectivity index (χ0n) is 18.3. The summed E-state index contributed by atoms with van der Waals surface area (Å²) in [6, 6.07) is 7.70. The zero-order valence-corrected chi connectivity index (χ0v) is 19.1. The second-order valence-corrected chi connectivity index (χ2v) is 9.54. The van der Waals surface area contributed by atoms with Crippen molar-refractivity contribution in [1.29, 1.82) is 0 Å². The number of piperidine rings is 2. The molecular formula is C24H22ClF5N2O3. The minimum absolute atomic E-state index is 0.0973. The number of alkyl halides is 3. The fourth-order valence-corrected chi connectivity index (χ4v) is 5.41. The largest absolute Gasteiger partial charge is 0.430 e. The maximum atomic E-state index is 14.0. The Hall–Kier alpha value is -2.72. The van der Waals surface area contributed by atoms with E-state index in [2.05, 4.69) is 5.32 Å². The molecule has 0 radical (unpaired) electrons. The summed E-state index contributed by atoms with van der Waals surface area (Å²) in [5.41, 5.74) is -4.90. The molecule has 2 aliphatic heterocycles. The van der Waals surface area contributed by atoms with E-state index in [-0.39, 0.29) is 50.7 Å². The van der Waals surface area contributed by atoms with Crippen LogP contribution in [0.15, 0.2) is 42.5 Å². The molecule has 2 amide bonds. The number of likely N-dealkylation sites (tertiary alicyclic amines) is 1. The van der Waals surface area contributed by atoms with Crippen LogP contribution in [-0.4, -0.2) is 47.6 Å². The Kier molecular flexibility index (Phi) is 6.56. The molecule has 2 saturated heterocycles. The van der Waals surface area contributed by atoms with E-state index >= 15 is 0 Å². The van der Waals surface area contributed by atoms with Crippen LogP contribution in [0.4, 0.5) is 22.0 Å².